The quantitative estimate of drug-likeness (QED) is 0.228. The zero-order valence-electron chi connectivity index (χ0n) is 30.3. The van der Waals surface area contributed by atoms with Crippen LogP contribution in [0.5, 0.6) is 17.6 Å². The molecule has 2 aromatic heterocycles. The lowest BCUT2D eigenvalue weighted by Gasteiger charge is -2.50. The van der Waals surface area contributed by atoms with E-state index in [0.29, 0.717) is 55.3 Å². The number of hydrogen-bond donors (Lipinski definition) is 2. The minimum absolute atomic E-state index is 0.00335. The fourth-order valence-electron chi connectivity index (χ4n) is 10.1. The first kappa shape index (κ1) is 34.8. The van der Waals surface area contributed by atoms with Gasteiger partial charge in [0.05, 0.1) is 45.7 Å². The third-order valence-corrected chi connectivity index (χ3v) is 12.4. The second kappa shape index (κ2) is 13.4. The van der Waals surface area contributed by atoms with Crippen LogP contribution in [0.2, 0.25) is 0 Å². The molecule has 2 N–H and O–H groups in total. The molecule has 4 aromatic rings. The maximum Gasteiger partial charge on any atom is 0.319 e. The van der Waals surface area contributed by atoms with Gasteiger partial charge in [-0.3, -0.25) is 4.90 Å². The van der Waals surface area contributed by atoms with Gasteiger partial charge in [0.2, 0.25) is 5.88 Å². The van der Waals surface area contributed by atoms with Crippen LogP contribution in [-0.2, 0) is 9.47 Å². The fraction of sp³-hybridized carbons (Fsp3) is 0.575. The van der Waals surface area contributed by atoms with Crippen molar-refractivity contribution in [2.45, 2.75) is 94.6 Å². The zero-order chi connectivity index (χ0) is 36.5. The molecule has 2 bridgehead atoms. The highest BCUT2D eigenvalue weighted by Crippen LogP contribution is 2.51. The number of benzene rings is 2. The number of phenolic OH excluding ortho intramolecular Hbond substituents is 1. The Morgan fingerprint density at radius 3 is 2.62 bits per heavy atom. The topological polar surface area (TPSA) is 123 Å². The molecule has 0 radical (unpaired) electrons. The molecule has 5 aliphatic rings. The number of nitrogens with zero attached hydrogens (tertiary/aromatic N) is 5. The summed E-state index contributed by atoms with van der Waals surface area (Å²) in [6.45, 7) is 4.06. The molecule has 11 nitrogen and oxygen atoms in total. The summed E-state index contributed by atoms with van der Waals surface area (Å²) < 4.78 is 56.9. The molecule has 0 amide bonds. The van der Waals surface area contributed by atoms with Gasteiger partial charge in [-0.25, -0.2) is 13.8 Å². The van der Waals surface area contributed by atoms with E-state index in [-0.39, 0.29) is 63.8 Å². The largest absolute Gasteiger partial charge is 0.508 e. The number of hydrogen-bond acceptors (Lipinski definition) is 11. The number of rotatable bonds is 7. The standard InChI is InChI=1S/C40H47F2N5O6/c1-39(49)20-46(14-15-51-21-39)36-32-35(33(42)34(43-37(32)50-2)28-19-25(48)16-23-6-3-7-29(41)31(23)28)44-38(45-36)52-22-40-11-4-8-30(40)47(13-5-12-40)24-17-26-9-10-27(18-24)53-26/h3,6-7,16,19,24,26-27,30,48-49H,4-5,8-15,17-18,20-22H2,1-2H3. The predicted octanol–water partition coefficient (Wildman–Crippen LogP) is 6.15. The van der Waals surface area contributed by atoms with Gasteiger partial charge in [0.1, 0.15) is 39.6 Å². The maximum atomic E-state index is 17.2. The molecule has 53 heavy (non-hydrogen) atoms. The lowest BCUT2D eigenvalue weighted by Crippen LogP contribution is -2.57. The summed E-state index contributed by atoms with van der Waals surface area (Å²) in [6.07, 6.45) is 10.6. The van der Waals surface area contributed by atoms with Gasteiger partial charge in [-0.2, -0.15) is 9.97 Å². The summed E-state index contributed by atoms with van der Waals surface area (Å²) in [7, 11) is 1.42. The molecule has 9 rings (SSSR count). The van der Waals surface area contributed by atoms with Gasteiger partial charge in [-0.1, -0.05) is 18.6 Å². The molecule has 1 aliphatic carbocycles. The molecule has 4 saturated heterocycles. The Bertz CT molecular complexity index is 2040. The van der Waals surface area contributed by atoms with E-state index in [1.165, 1.54) is 31.4 Å². The molecule has 5 unspecified atom stereocenters. The molecule has 282 valence electrons. The summed E-state index contributed by atoms with van der Waals surface area (Å²) in [5, 5.41) is 22.5. The number of aliphatic hydroxyl groups is 1. The van der Waals surface area contributed by atoms with Crippen LogP contribution in [0.1, 0.15) is 64.7 Å². The van der Waals surface area contributed by atoms with Crippen molar-refractivity contribution in [3.8, 4) is 28.9 Å². The molecule has 1 saturated carbocycles. The van der Waals surface area contributed by atoms with E-state index in [1.807, 2.05) is 4.90 Å². The van der Waals surface area contributed by atoms with E-state index in [9.17, 15) is 10.2 Å². The summed E-state index contributed by atoms with van der Waals surface area (Å²) in [5.41, 5.74) is -1.61. The minimum Gasteiger partial charge on any atom is -0.508 e. The Hall–Kier alpha value is -3.91. The summed E-state index contributed by atoms with van der Waals surface area (Å²) >= 11 is 0. The van der Waals surface area contributed by atoms with E-state index in [4.69, 9.17) is 28.9 Å². The van der Waals surface area contributed by atoms with Crippen molar-refractivity contribution < 1.29 is 37.9 Å². The first-order valence-electron chi connectivity index (χ1n) is 19.1. The second-order valence-corrected chi connectivity index (χ2v) is 16.1. The van der Waals surface area contributed by atoms with E-state index < -0.39 is 17.2 Å². The average Bonchev–Trinajstić information content (AvgIpc) is 3.67. The SMILES string of the molecule is COc1nc(-c2cc(O)cc3cccc(F)c23)c(F)c2nc(OCC34CCCC3N(C3CC5CCC(C3)O5)CCC4)nc(N3CCOCC(C)(O)C3)c12. The smallest absolute Gasteiger partial charge is 0.319 e. The Kier molecular flexibility index (Phi) is 8.83. The van der Waals surface area contributed by atoms with Crippen molar-refractivity contribution >= 4 is 27.5 Å². The first-order valence-corrected chi connectivity index (χ1v) is 19.1. The number of pyridine rings is 1. The Balaban J connectivity index is 1.14. The van der Waals surface area contributed by atoms with Crippen molar-refractivity contribution in [3.63, 3.8) is 0 Å². The second-order valence-electron chi connectivity index (χ2n) is 16.1. The minimum atomic E-state index is -1.23. The molecular weight excluding hydrogens is 684 g/mol. The van der Waals surface area contributed by atoms with Crippen LogP contribution in [0, 0.1) is 17.0 Å². The fourth-order valence-corrected chi connectivity index (χ4v) is 10.1. The molecule has 4 aliphatic heterocycles. The van der Waals surface area contributed by atoms with Gasteiger partial charge in [-0.15, -0.1) is 0 Å². The number of likely N-dealkylation sites (tertiary alicyclic amines) is 1. The highest BCUT2D eigenvalue weighted by atomic mass is 19.1. The van der Waals surface area contributed by atoms with Gasteiger partial charge in [0, 0.05) is 35.0 Å². The van der Waals surface area contributed by atoms with Gasteiger partial charge in [0.25, 0.3) is 0 Å². The number of anilines is 1. The number of fused-ring (bicyclic) bond motifs is 5. The van der Waals surface area contributed by atoms with Crippen molar-refractivity contribution in [1.29, 1.82) is 0 Å². The summed E-state index contributed by atoms with van der Waals surface area (Å²) in [6, 6.07) is 8.06. The third-order valence-electron chi connectivity index (χ3n) is 12.4. The number of piperidine rings is 1. The summed E-state index contributed by atoms with van der Waals surface area (Å²) in [4.78, 5) is 18.8. The van der Waals surface area contributed by atoms with Crippen LogP contribution >= 0.6 is 0 Å². The highest BCUT2D eigenvalue weighted by Gasteiger charge is 2.51. The van der Waals surface area contributed by atoms with Crippen LogP contribution in [-0.4, -0.2) is 107 Å². The predicted molar refractivity (Wildman–Crippen MR) is 194 cm³/mol. The maximum absolute atomic E-state index is 17.2. The number of aromatic nitrogens is 3. The molecule has 5 atom stereocenters. The number of β-amino-alcohol motifs (C(OH)–C–C–N with tert-alkyl or cyclic N) is 1. The normalized spacial score (nSPS) is 30.5. The highest BCUT2D eigenvalue weighted by molar-refractivity contribution is 6.02. The molecule has 2 aromatic carbocycles. The van der Waals surface area contributed by atoms with Gasteiger partial charge in [0.15, 0.2) is 5.82 Å². The Labute approximate surface area is 307 Å². The molecular formula is C40H47F2N5O6. The van der Waals surface area contributed by atoms with Crippen molar-refractivity contribution in [3.05, 3.63) is 42.0 Å². The first-order chi connectivity index (χ1) is 25.6. The lowest BCUT2D eigenvalue weighted by atomic mass is 9.74. The Morgan fingerprint density at radius 1 is 1.00 bits per heavy atom. The van der Waals surface area contributed by atoms with Crippen molar-refractivity contribution in [2.24, 2.45) is 5.41 Å². The van der Waals surface area contributed by atoms with Crippen LogP contribution in [0.25, 0.3) is 32.9 Å². The molecule has 13 heteroatoms. The lowest BCUT2D eigenvalue weighted by molar-refractivity contribution is -0.0798. The average molecular weight is 732 g/mol. The summed E-state index contributed by atoms with van der Waals surface area (Å²) in [5.74, 6) is -1.29. The van der Waals surface area contributed by atoms with E-state index >= 15 is 8.78 Å². The zero-order valence-corrected chi connectivity index (χ0v) is 30.3. The number of aromatic hydroxyl groups is 1. The van der Waals surface area contributed by atoms with E-state index in [0.717, 1.165) is 64.3 Å². The molecule has 5 fully saturated rings. The van der Waals surface area contributed by atoms with Crippen LogP contribution in [0.15, 0.2) is 30.3 Å². The molecule has 6 heterocycles. The van der Waals surface area contributed by atoms with Gasteiger partial charge in [-0.05, 0) is 88.4 Å². The van der Waals surface area contributed by atoms with Crippen LogP contribution in [0.4, 0.5) is 14.6 Å². The Morgan fingerprint density at radius 2 is 1.81 bits per heavy atom. The monoisotopic (exact) mass is 731 g/mol. The van der Waals surface area contributed by atoms with Crippen LogP contribution < -0.4 is 14.4 Å². The van der Waals surface area contributed by atoms with Gasteiger partial charge >= 0.3 is 6.01 Å². The van der Waals surface area contributed by atoms with Crippen molar-refractivity contribution in [2.75, 3.05) is 51.5 Å². The van der Waals surface area contributed by atoms with E-state index in [1.54, 1.807) is 13.0 Å². The third kappa shape index (κ3) is 6.23. The number of methoxy groups -OCH3 is 1. The van der Waals surface area contributed by atoms with Crippen molar-refractivity contribution in [1.82, 2.24) is 19.9 Å². The van der Waals surface area contributed by atoms with Crippen LogP contribution in [0.3, 0.4) is 0 Å². The number of phenols is 1. The molecule has 0 spiro atoms. The van der Waals surface area contributed by atoms with E-state index in [2.05, 4.69) is 9.88 Å². The van der Waals surface area contributed by atoms with Gasteiger partial charge < -0.3 is 34.1 Å². The number of halogens is 2. The number of ether oxygens (including phenoxy) is 4.